The molecule has 0 saturated carbocycles. The van der Waals surface area contributed by atoms with Gasteiger partial charge in [-0.3, -0.25) is 9.59 Å². The van der Waals surface area contributed by atoms with E-state index in [1.807, 2.05) is 57.2 Å². The highest BCUT2D eigenvalue weighted by Crippen LogP contribution is 2.18. The summed E-state index contributed by atoms with van der Waals surface area (Å²) in [6.07, 6.45) is 0. The van der Waals surface area contributed by atoms with Crippen LogP contribution in [-0.4, -0.2) is 34.6 Å². The zero-order valence-electron chi connectivity index (χ0n) is 18.1. The van der Waals surface area contributed by atoms with E-state index in [9.17, 15) is 9.59 Å². The lowest BCUT2D eigenvalue weighted by Gasteiger charge is -2.29. The number of carbonyl (C=O) groups excluding carboxylic acids is 2. The van der Waals surface area contributed by atoms with E-state index in [0.29, 0.717) is 12.3 Å². The van der Waals surface area contributed by atoms with Crippen molar-refractivity contribution in [1.82, 2.24) is 10.2 Å². The summed E-state index contributed by atoms with van der Waals surface area (Å²) in [4.78, 5) is 27.3. The third-order valence-electron chi connectivity index (χ3n) is 4.82. The van der Waals surface area contributed by atoms with E-state index in [0.717, 1.165) is 11.3 Å². The maximum atomic E-state index is 13.0. The molecule has 0 fully saturated rings. The van der Waals surface area contributed by atoms with Gasteiger partial charge in [-0.25, -0.2) is 0 Å². The van der Waals surface area contributed by atoms with Crippen LogP contribution in [0.25, 0.3) is 0 Å². The maximum absolute atomic E-state index is 13.0. The molecule has 0 aliphatic rings. The molecule has 1 N–H and O–H groups in total. The van der Waals surface area contributed by atoms with E-state index in [2.05, 4.69) is 24.4 Å². The first-order valence-corrected chi connectivity index (χ1v) is 11.2. The van der Waals surface area contributed by atoms with Crippen LogP contribution < -0.4 is 5.32 Å². The van der Waals surface area contributed by atoms with Gasteiger partial charge in [0, 0.05) is 18.3 Å². The molecule has 29 heavy (non-hydrogen) atoms. The van der Waals surface area contributed by atoms with E-state index in [4.69, 9.17) is 0 Å². The van der Waals surface area contributed by atoms with Gasteiger partial charge in [0.05, 0.1) is 5.75 Å². The van der Waals surface area contributed by atoms with Gasteiger partial charge in [-0.05, 0) is 51.3 Å². The van der Waals surface area contributed by atoms with Crippen LogP contribution in [-0.2, 0) is 21.9 Å². The molecule has 0 saturated heterocycles. The van der Waals surface area contributed by atoms with Gasteiger partial charge in [0.15, 0.2) is 0 Å². The zero-order valence-corrected chi connectivity index (χ0v) is 18.9. The van der Waals surface area contributed by atoms with E-state index < -0.39 is 6.04 Å². The van der Waals surface area contributed by atoms with Crippen molar-refractivity contribution in [3.8, 4) is 0 Å². The molecule has 0 aliphatic carbocycles. The van der Waals surface area contributed by atoms with Crippen molar-refractivity contribution < 1.29 is 9.59 Å². The number of carbonyl (C=O) groups is 2. The van der Waals surface area contributed by atoms with E-state index in [-0.39, 0.29) is 17.9 Å². The van der Waals surface area contributed by atoms with Crippen LogP contribution in [0.1, 0.15) is 43.0 Å². The first-order chi connectivity index (χ1) is 13.8. The molecule has 0 aromatic heterocycles. The Labute approximate surface area is 179 Å². The highest BCUT2D eigenvalue weighted by Gasteiger charge is 2.26. The molecule has 0 aliphatic heterocycles. The van der Waals surface area contributed by atoms with Crippen molar-refractivity contribution in [3.63, 3.8) is 0 Å². The van der Waals surface area contributed by atoms with Crippen molar-refractivity contribution in [2.24, 2.45) is 0 Å². The molecule has 0 radical (unpaired) electrons. The van der Waals surface area contributed by atoms with Crippen LogP contribution >= 0.6 is 11.8 Å². The lowest BCUT2D eigenvalue weighted by Crippen LogP contribution is -2.49. The smallest absolute Gasteiger partial charge is 0.242 e. The summed E-state index contributed by atoms with van der Waals surface area (Å²) in [7, 11) is 0. The summed E-state index contributed by atoms with van der Waals surface area (Å²) in [5, 5.41) is 2.92. The lowest BCUT2D eigenvalue weighted by molar-refractivity contribution is -0.138. The van der Waals surface area contributed by atoms with Crippen LogP contribution in [0.4, 0.5) is 0 Å². The van der Waals surface area contributed by atoms with Crippen molar-refractivity contribution in [2.45, 2.75) is 59.0 Å². The number of nitrogens with one attached hydrogen (secondary N) is 1. The van der Waals surface area contributed by atoms with Gasteiger partial charge in [0.25, 0.3) is 0 Å². The summed E-state index contributed by atoms with van der Waals surface area (Å²) in [5.41, 5.74) is 4.66. The van der Waals surface area contributed by atoms with Gasteiger partial charge in [-0.1, -0.05) is 54.1 Å². The van der Waals surface area contributed by atoms with Crippen molar-refractivity contribution >= 4 is 23.6 Å². The monoisotopic (exact) mass is 412 g/mol. The first-order valence-electron chi connectivity index (χ1n) is 10.1. The molecule has 2 rings (SSSR count). The number of hydrogen-bond donors (Lipinski definition) is 1. The highest BCUT2D eigenvalue weighted by molar-refractivity contribution is 7.99. The number of hydrogen-bond acceptors (Lipinski definition) is 3. The summed E-state index contributed by atoms with van der Waals surface area (Å²) in [6.45, 7) is 10.2. The topological polar surface area (TPSA) is 49.4 Å². The Morgan fingerprint density at radius 3 is 2.28 bits per heavy atom. The maximum Gasteiger partial charge on any atom is 0.242 e. The average Bonchev–Trinajstić information content (AvgIpc) is 2.68. The lowest BCUT2D eigenvalue weighted by atomic mass is 10.1. The molecule has 2 aromatic carbocycles. The summed E-state index contributed by atoms with van der Waals surface area (Å²) >= 11 is 1.59. The van der Waals surface area contributed by atoms with Gasteiger partial charge in [-0.2, -0.15) is 0 Å². The number of benzene rings is 2. The van der Waals surface area contributed by atoms with Gasteiger partial charge in [0.1, 0.15) is 6.04 Å². The first kappa shape index (κ1) is 23.0. The molecule has 0 bridgehead atoms. The number of rotatable bonds is 9. The second-order valence-electron chi connectivity index (χ2n) is 7.77. The minimum atomic E-state index is -0.523. The Bertz CT molecular complexity index is 818. The largest absolute Gasteiger partial charge is 0.352 e. The minimum Gasteiger partial charge on any atom is -0.352 e. The second kappa shape index (κ2) is 11.1. The highest BCUT2D eigenvalue weighted by atomic mass is 32.2. The Morgan fingerprint density at radius 2 is 1.66 bits per heavy atom. The predicted molar refractivity (Wildman–Crippen MR) is 122 cm³/mol. The van der Waals surface area contributed by atoms with Gasteiger partial charge in [0.2, 0.25) is 11.8 Å². The minimum absolute atomic E-state index is 0.0180. The van der Waals surface area contributed by atoms with Crippen LogP contribution in [0.5, 0.6) is 0 Å². The van der Waals surface area contributed by atoms with Gasteiger partial charge in [-0.15, -0.1) is 11.8 Å². The quantitative estimate of drug-likeness (QED) is 0.661. The SMILES string of the molecule is Cc1ccc(CN(C(=O)CSCc2ccccc2C)[C@@H](C)C(=O)NC(C)C)cc1. The number of thioether (sulfide) groups is 1. The molecular formula is C24H32N2O2S. The Hall–Kier alpha value is -2.27. The summed E-state index contributed by atoms with van der Waals surface area (Å²) < 4.78 is 0. The normalized spacial score (nSPS) is 11.9. The molecule has 2 aromatic rings. The van der Waals surface area contributed by atoms with Crippen LogP contribution in [0.3, 0.4) is 0 Å². The molecule has 0 unspecified atom stereocenters. The third-order valence-corrected chi connectivity index (χ3v) is 5.78. The fraction of sp³-hybridized carbons (Fsp3) is 0.417. The van der Waals surface area contributed by atoms with Crippen LogP contribution in [0.15, 0.2) is 48.5 Å². The van der Waals surface area contributed by atoms with Crippen LogP contribution in [0, 0.1) is 13.8 Å². The predicted octanol–water partition coefficient (Wildman–Crippen LogP) is 4.48. The Balaban J connectivity index is 2.07. The second-order valence-corrected chi connectivity index (χ2v) is 8.75. The van der Waals surface area contributed by atoms with Crippen molar-refractivity contribution in [2.75, 3.05) is 5.75 Å². The van der Waals surface area contributed by atoms with Crippen LogP contribution in [0.2, 0.25) is 0 Å². The molecule has 4 nitrogen and oxygen atoms in total. The van der Waals surface area contributed by atoms with E-state index in [1.54, 1.807) is 23.6 Å². The molecule has 5 heteroatoms. The van der Waals surface area contributed by atoms with Gasteiger partial charge >= 0.3 is 0 Å². The summed E-state index contributed by atoms with van der Waals surface area (Å²) in [6, 6.07) is 15.8. The fourth-order valence-corrected chi connectivity index (χ4v) is 3.97. The average molecular weight is 413 g/mol. The molecule has 0 heterocycles. The zero-order chi connectivity index (χ0) is 21.4. The molecular weight excluding hydrogens is 380 g/mol. The third kappa shape index (κ3) is 7.24. The van der Waals surface area contributed by atoms with Gasteiger partial charge < -0.3 is 10.2 Å². The van der Waals surface area contributed by atoms with Crippen molar-refractivity contribution in [3.05, 3.63) is 70.8 Å². The number of nitrogens with zero attached hydrogens (tertiary/aromatic N) is 1. The van der Waals surface area contributed by atoms with Crippen molar-refractivity contribution in [1.29, 1.82) is 0 Å². The summed E-state index contributed by atoms with van der Waals surface area (Å²) in [5.74, 6) is 0.989. The fourth-order valence-electron chi connectivity index (χ4n) is 2.98. The molecule has 156 valence electrons. The van der Waals surface area contributed by atoms with E-state index >= 15 is 0 Å². The van der Waals surface area contributed by atoms with E-state index in [1.165, 1.54) is 16.7 Å². The molecule has 1 atom stereocenters. The standard InChI is InChI=1S/C24H32N2O2S/c1-17(2)25-24(28)20(5)26(14-21-12-10-18(3)11-13-21)23(27)16-29-15-22-9-7-6-8-19(22)4/h6-13,17,20H,14-16H2,1-5H3,(H,25,28)/t20-/m0/s1. The number of aryl methyl sites for hydroxylation is 2. The Morgan fingerprint density at radius 1 is 1.00 bits per heavy atom. The molecule has 0 spiro atoms. The Kier molecular flexibility index (Phi) is 8.77. The number of amides is 2. The molecule has 2 amide bonds.